The van der Waals surface area contributed by atoms with E-state index in [4.69, 9.17) is 14.2 Å². The van der Waals surface area contributed by atoms with Crippen LogP contribution < -0.4 is 10.2 Å². The summed E-state index contributed by atoms with van der Waals surface area (Å²) in [6, 6.07) is 6.20. The lowest BCUT2D eigenvalue weighted by atomic mass is 9.96. The van der Waals surface area contributed by atoms with Crippen molar-refractivity contribution in [3.8, 4) is 17.5 Å². The van der Waals surface area contributed by atoms with E-state index >= 15 is 4.39 Å². The fraction of sp³-hybridized carbons (Fsp3) is 0.520. The molecule has 8 nitrogen and oxygen atoms in total. The number of nitrogens with zero attached hydrogens (tertiary/aromatic N) is 5. The molecule has 0 aliphatic carbocycles. The van der Waals surface area contributed by atoms with Crippen molar-refractivity contribution >= 4 is 16.7 Å². The van der Waals surface area contributed by atoms with E-state index in [0.717, 1.165) is 42.6 Å². The molecule has 0 bridgehead atoms. The summed E-state index contributed by atoms with van der Waals surface area (Å²) in [6.45, 7) is 7.96. The second-order valence-corrected chi connectivity index (χ2v) is 9.31. The van der Waals surface area contributed by atoms with Gasteiger partial charge in [-0.3, -0.25) is 0 Å². The Bertz CT molecular complexity index is 1250. The largest absolute Gasteiger partial charge is 0.381 e. The van der Waals surface area contributed by atoms with E-state index in [1.165, 1.54) is 0 Å². The third-order valence-corrected chi connectivity index (χ3v) is 6.85. The number of benzene rings is 1. The maximum atomic E-state index is 15.4. The molecule has 0 saturated carbocycles. The van der Waals surface area contributed by atoms with Crippen LogP contribution in [0.4, 0.5) is 10.2 Å². The predicted octanol–water partition coefficient (Wildman–Crippen LogP) is 3.77. The molecule has 5 rings (SSSR count). The smallest absolute Gasteiger partial charge is 0.261 e. The number of alkyl halides is 1. The van der Waals surface area contributed by atoms with Crippen molar-refractivity contribution in [1.29, 1.82) is 5.26 Å². The summed E-state index contributed by atoms with van der Waals surface area (Å²) in [5, 5.41) is 18.1. The predicted molar refractivity (Wildman–Crippen MR) is 126 cm³/mol. The number of hydrogen-bond acceptors (Lipinski definition) is 8. The summed E-state index contributed by atoms with van der Waals surface area (Å²) in [5.74, 6) is 1.46. The van der Waals surface area contributed by atoms with Crippen molar-refractivity contribution in [2.75, 3.05) is 31.2 Å². The molecule has 2 aliphatic heterocycles. The third kappa shape index (κ3) is 4.24. The fourth-order valence-corrected chi connectivity index (χ4v) is 5.07. The van der Waals surface area contributed by atoms with Crippen LogP contribution in [0.3, 0.4) is 0 Å². The van der Waals surface area contributed by atoms with Crippen molar-refractivity contribution in [3.05, 3.63) is 34.6 Å². The first-order valence-electron chi connectivity index (χ1n) is 11.8. The quantitative estimate of drug-likeness (QED) is 0.623. The Labute approximate surface area is 198 Å². The van der Waals surface area contributed by atoms with Crippen LogP contribution in [0.15, 0.2) is 16.7 Å². The van der Waals surface area contributed by atoms with E-state index in [1.54, 1.807) is 6.92 Å². The molecule has 0 unspecified atom stereocenters. The number of anilines is 1. The highest BCUT2D eigenvalue weighted by atomic mass is 19.1. The summed E-state index contributed by atoms with van der Waals surface area (Å²) in [6.07, 6.45) is 1.42. The van der Waals surface area contributed by atoms with E-state index in [0.29, 0.717) is 53.2 Å². The first-order chi connectivity index (χ1) is 16.4. The van der Waals surface area contributed by atoms with Crippen LogP contribution in [0.1, 0.15) is 41.8 Å². The van der Waals surface area contributed by atoms with Gasteiger partial charge in [0.15, 0.2) is 5.82 Å². The first-order valence-corrected chi connectivity index (χ1v) is 11.8. The van der Waals surface area contributed by atoms with Gasteiger partial charge in [0.05, 0.1) is 23.2 Å². The van der Waals surface area contributed by atoms with Gasteiger partial charge in [-0.2, -0.15) is 10.2 Å². The zero-order valence-electron chi connectivity index (χ0n) is 19.8. The number of piperidine rings is 1. The minimum Gasteiger partial charge on any atom is -0.381 e. The highest BCUT2D eigenvalue weighted by Gasteiger charge is 2.34. The van der Waals surface area contributed by atoms with Crippen molar-refractivity contribution in [2.24, 2.45) is 0 Å². The summed E-state index contributed by atoms with van der Waals surface area (Å²) >= 11 is 0. The van der Waals surface area contributed by atoms with Gasteiger partial charge in [-0.1, -0.05) is 5.16 Å². The van der Waals surface area contributed by atoms with Crippen LogP contribution in [-0.2, 0) is 4.74 Å². The van der Waals surface area contributed by atoms with E-state index in [9.17, 15) is 5.26 Å². The van der Waals surface area contributed by atoms with Gasteiger partial charge in [0, 0.05) is 37.2 Å². The number of pyridine rings is 1. The lowest BCUT2D eigenvalue weighted by Crippen LogP contribution is -2.54. The molecule has 4 heterocycles. The number of hydrogen-bond donors (Lipinski definition) is 1. The number of fused-ring (bicyclic) bond motifs is 1. The van der Waals surface area contributed by atoms with Crippen molar-refractivity contribution in [1.82, 2.24) is 20.4 Å². The van der Waals surface area contributed by atoms with Gasteiger partial charge < -0.3 is 19.5 Å². The Kier molecular flexibility index (Phi) is 6.19. The minimum atomic E-state index is -1.06. The van der Waals surface area contributed by atoms with E-state index in [-0.39, 0.29) is 12.6 Å². The van der Waals surface area contributed by atoms with E-state index in [1.807, 2.05) is 30.9 Å². The molecule has 0 radical (unpaired) electrons. The van der Waals surface area contributed by atoms with Crippen molar-refractivity contribution in [3.63, 3.8) is 0 Å². The van der Waals surface area contributed by atoms with Gasteiger partial charge >= 0.3 is 0 Å². The van der Waals surface area contributed by atoms with Gasteiger partial charge in [0.25, 0.3) is 5.89 Å². The number of nitrogens with one attached hydrogen (secondary N) is 1. The van der Waals surface area contributed by atoms with E-state index in [2.05, 4.69) is 21.5 Å². The molecule has 2 atom stereocenters. The molecule has 0 amide bonds. The van der Waals surface area contributed by atoms with Crippen LogP contribution in [0.5, 0.6) is 0 Å². The maximum absolute atomic E-state index is 15.4. The fourth-order valence-electron chi connectivity index (χ4n) is 5.07. The molecular formula is C25H29FN6O2. The molecule has 9 heteroatoms. The number of nitriles is 1. The molecule has 178 valence electrons. The molecule has 2 aromatic heterocycles. The Balaban J connectivity index is 1.53. The Morgan fingerprint density at radius 1 is 1.15 bits per heavy atom. The van der Waals surface area contributed by atoms with Crippen LogP contribution in [-0.4, -0.2) is 59.7 Å². The molecule has 1 aromatic carbocycles. The van der Waals surface area contributed by atoms with Gasteiger partial charge in [-0.25, -0.2) is 9.37 Å². The first kappa shape index (κ1) is 22.7. The lowest BCUT2D eigenvalue weighted by molar-refractivity contribution is 0.0684. The highest BCUT2D eigenvalue weighted by molar-refractivity contribution is 5.95. The topological polar surface area (TPSA) is 100 Å². The normalized spacial score (nSPS) is 21.7. The second kappa shape index (κ2) is 9.28. The minimum absolute atomic E-state index is 0.201. The molecule has 2 fully saturated rings. The monoisotopic (exact) mass is 464 g/mol. The number of aromatic nitrogens is 3. The third-order valence-electron chi connectivity index (χ3n) is 6.85. The summed E-state index contributed by atoms with van der Waals surface area (Å²) in [7, 11) is 0. The molecule has 2 aliphatic rings. The molecule has 3 aromatic rings. The molecule has 2 saturated heterocycles. The summed E-state index contributed by atoms with van der Waals surface area (Å²) < 4.78 is 26.4. The van der Waals surface area contributed by atoms with Crippen LogP contribution in [0.2, 0.25) is 0 Å². The van der Waals surface area contributed by atoms with Gasteiger partial charge in [-0.15, -0.1) is 0 Å². The number of halogens is 1. The Morgan fingerprint density at radius 2 is 1.94 bits per heavy atom. The maximum Gasteiger partial charge on any atom is 0.261 e. The highest BCUT2D eigenvalue weighted by Crippen LogP contribution is 2.38. The summed E-state index contributed by atoms with van der Waals surface area (Å²) in [5.41, 5.74) is 3.67. The average Bonchev–Trinajstić information content (AvgIpc) is 3.26. The lowest BCUT2D eigenvalue weighted by Gasteiger charge is -2.39. The van der Waals surface area contributed by atoms with Crippen LogP contribution >= 0.6 is 0 Å². The standard InChI is InChI=1S/C25H29FN6O2/c1-14-10-17(12-27)23-19(11-14)15(2)22(25-28-16(3)31-34-25)24(30-23)32-7-4-21(20(26)13-32)29-18-5-8-33-9-6-18/h10-11,18,20-21,29H,4-9,13H2,1-3H3/t20-,21+/m0/s1. The zero-order chi connectivity index (χ0) is 23.8. The molecular weight excluding hydrogens is 435 g/mol. The zero-order valence-corrected chi connectivity index (χ0v) is 19.8. The SMILES string of the molecule is Cc1cc(C#N)c2nc(N3CC[C@@H](NC4CCOCC4)[C@@H](F)C3)c(-c3nc(C)no3)c(C)c2c1. The van der Waals surface area contributed by atoms with Crippen LogP contribution in [0, 0.1) is 32.1 Å². The van der Waals surface area contributed by atoms with Gasteiger partial charge in [0.2, 0.25) is 0 Å². The second-order valence-electron chi connectivity index (χ2n) is 9.31. The van der Waals surface area contributed by atoms with Crippen molar-refractivity contribution in [2.45, 2.75) is 58.3 Å². The average molecular weight is 465 g/mol. The van der Waals surface area contributed by atoms with E-state index < -0.39 is 6.17 Å². The number of ether oxygens (including phenoxy) is 1. The summed E-state index contributed by atoms with van der Waals surface area (Å²) in [4.78, 5) is 11.3. The molecule has 0 spiro atoms. The van der Waals surface area contributed by atoms with Gasteiger partial charge in [0.1, 0.15) is 18.1 Å². The van der Waals surface area contributed by atoms with Crippen molar-refractivity contribution < 1.29 is 13.7 Å². The number of aryl methyl sites for hydroxylation is 3. The Morgan fingerprint density at radius 3 is 2.62 bits per heavy atom. The van der Waals surface area contributed by atoms with Crippen LogP contribution in [0.25, 0.3) is 22.4 Å². The number of rotatable bonds is 4. The van der Waals surface area contributed by atoms with Gasteiger partial charge in [-0.05, 0) is 63.3 Å². The Hall–Kier alpha value is -3.09. The molecule has 34 heavy (non-hydrogen) atoms. The molecule has 1 N–H and O–H groups in total.